The van der Waals surface area contributed by atoms with Crippen molar-refractivity contribution in [1.29, 1.82) is 0 Å². The molecule has 3 rings (SSSR count). The lowest BCUT2D eigenvalue weighted by molar-refractivity contribution is -0.130. The summed E-state index contributed by atoms with van der Waals surface area (Å²) in [6.45, 7) is 1.02. The van der Waals surface area contributed by atoms with Gasteiger partial charge in [0.15, 0.2) is 0 Å². The van der Waals surface area contributed by atoms with Crippen LogP contribution in [0.25, 0.3) is 0 Å². The summed E-state index contributed by atoms with van der Waals surface area (Å²) >= 11 is 3.41. The molecule has 1 heterocycles. The van der Waals surface area contributed by atoms with Gasteiger partial charge in [-0.3, -0.25) is 4.79 Å². The van der Waals surface area contributed by atoms with Gasteiger partial charge in [-0.2, -0.15) is 0 Å². The van der Waals surface area contributed by atoms with Crippen LogP contribution in [0.2, 0.25) is 0 Å². The van der Waals surface area contributed by atoms with Gasteiger partial charge in [0.1, 0.15) is 11.5 Å². The third-order valence-electron chi connectivity index (χ3n) is 4.66. The molecule has 2 aromatic carbocycles. The van der Waals surface area contributed by atoms with Crippen LogP contribution in [-0.2, 0) is 4.79 Å². The monoisotopic (exact) mass is 418 g/mol. The number of amides is 1. The largest absolute Gasteiger partial charge is 0.497 e. The second kappa shape index (κ2) is 8.45. The van der Waals surface area contributed by atoms with Crippen LogP contribution >= 0.6 is 15.9 Å². The number of anilines is 1. The SMILES string of the molecule is COc1ccc(OC)c([C@H]2CCCN2C(=O)CNc2ccc(Br)cc2)c1. The number of likely N-dealkylation sites (tertiary alicyclic amines) is 1. The van der Waals surface area contributed by atoms with Gasteiger partial charge < -0.3 is 19.7 Å². The van der Waals surface area contributed by atoms with Gasteiger partial charge in [-0.1, -0.05) is 15.9 Å². The van der Waals surface area contributed by atoms with Crippen molar-refractivity contribution in [3.8, 4) is 11.5 Å². The Morgan fingerprint density at radius 3 is 2.65 bits per heavy atom. The summed E-state index contributed by atoms with van der Waals surface area (Å²) in [5.41, 5.74) is 1.93. The molecule has 0 saturated carbocycles. The molecule has 6 heteroatoms. The van der Waals surface area contributed by atoms with Gasteiger partial charge in [-0.25, -0.2) is 0 Å². The Morgan fingerprint density at radius 2 is 1.96 bits per heavy atom. The standard InChI is InChI=1S/C20H23BrN2O3/c1-25-16-9-10-19(26-2)17(12-16)18-4-3-11-23(18)20(24)13-22-15-7-5-14(21)6-8-15/h5-10,12,18,22H,3-4,11,13H2,1-2H3/t18-/m1/s1. The number of halogens is 1. The molecule has 0 aliphatic carbocycles. The maximum Gasteiger partial charge on any atom is 0.242 e. The molecule has 1 N–H and O–H groups in total. The highest BCUT2D eigenvalue weighted by molar-refractivity contribution is 9.10. The van der Waals surface area contributed by atoms with E-state index in [2.05, 4.69) is 21.2 Å². The molecule has 0 aromatic heterocycles. The van der Waals surface area contributed by atoms with E-state index in [4.69, 9.17) is 9.47 Å². The molecule has 2 aromatic rings. The molecule has 5 nitrogen and oxygen atoms in total. The summed E-state index contributed by atoms with van der Waals surface area (Å²) in [7, 11) is 3.30. The zero-order valence-electron chi connectivity index (χ0n) is 15.0. The Morgan fingerprint density at radius 1 is 1.19 bits per heavy atom. The van der Waals surface area contributed by atoms with Crippen molar-refractivity contribution in [3.63, 3.8) is 0 Å². The first-order chi connectivity index (χ1) is 12.6. The van der Waals surface area contributed by atoms with E-state index < -0.39 is 0 Å². The molecule has 0 unspecified atom stereocenters. The number of rotatable bonds is 6. The molecule has 1 amide bonds. The van der Waals surface area contributed by atoms with Crippen LogP contribution in [0.5, 0.6) is 11.5 Å². The normalized spacial score (nSPS) is 16.4. The van der Waals surface area contributed by atoms with Crippen LogP contribution < -0.4 is 14.8 Å². The molecule has 1 aliphatic rings. The van der Waals surface area contributed by atoms with Crippen LogP contribution in [0.4, 0.5) is 5.69 Å². The molecule has 138 valence electrons. The van der Waals surface area contributed by atoms with Crippen LogP contribution in [0.1, 0.15) is 24.4 Å². The average Bonchev–Trinajstić information content (AvgIpc) is 3.16. The zero-order chi connectivity index (χ0) is 18.5. The molecular formula is C20H23BrN2O3. The van der Waals surface area contributed by atoms with Gasteiger partial charge in [-0.15, -0.1) is 0 Å². The highest BCUT2D eigenvalue weighted by Crippen LogP contribution is 2.38. The molecule has 1 aliphatic heterocycles. The number of nitrogens with one attached hydrogen (secondary N) is 1. The number of carbonyl (C=O) groups excluding carboxylic acids is 1. The van der Waals surface area contributed by atoms with Crippen molar-refractivity contribution in [3.05, 3.63) is 52.5 Å². The minimum atomic E-state index is 0.0132. The minimum Gasteiger partial charge on any atom is -0.497 e. The van der Waals surface area contributed by atoms with E-state index in [0.29, 0.717) is 0 Å². The van der Waals surface area contributed by atoms with Crippen LogP contribution in [0, 0.1) is 0 Å². The quantitative estimate of drug-likeness (QED) is 0.761. The molecule has 0 bridgehead atoms. The predicted molar refractivity (Wildman–Crippen MR) is 106 cm³/mol. The van der Waals surface area contributed by atoms with E-state index >= 15 is 0 Å². The van der Waals surface area contributed by atoms with Gasteiger partial charge in [0.25, 0.3) is 0 Å². The Kier molecular flexibility index (Phi) is 6.04. The predicted octanol–water partition coefficient (Wildman–Crippen LogP) is 4.24. The van der Waals surface area contributed by atoms with Crippen molar-refractivity contribution in [1.82, 2.24) is 4.90 Å². The number of methoxy groups -OCH3 is 2. The fourth-order valence-corrected chi connectivity index (χ4v) is 3.60. The third kappa shape index (κ3) is 4.12. The Labute approximate surface area is 162 Å². The fraction of sp³-hybridized carbons (Fsp3) is 0.350. The Bertz CT molecular complexity index is 764. The molecule has 0 radical (unpaired) electrons. The molecule has 0 spiro atoms. The highest BCUT2D eigenvalue weighted by atomic mass is 79.9. The lowest BCUT2D eigenvalue weighted by Crippen LogP contribution is -2.35. The first-order valence-electron chi connectivity index (χ1n) is 8.63. The lowest BCUT2D eigenvalue weighted by Gasteiger charge is -2.27. The van der Waals surface area contributed by atoms with Crippen LogP contribution in [0.3, 0.4) is 0 Å². The number of hydrogen-bond donors (Lipinski definition) is 1. The van der Waals surface area contributed by atoms with Crippen LogP contribution in [0.15, 0.2) is 46.9 Å². The number of nitrogens with zero attached hydrogens (tertiary/aromatic N) is 1. The molecule has 1 atom stereocenters. The molecule has 26 heavy (non-hydrogen) atoms. The van der Waals surface area contributed by atoms with E-state index in [0.717, 1.165) is 46.6 Å². The minimum absolute atomic E-state index is 0.0132. The average molecular weight is 419 g/mol. The third-order valence-corrected chi connectivity index (χ3v) is 5.19. The Balaban J connectivity index is 1.73. The maximum absolute atomic E-state index is 12.8. The van der Waals surface area contributed by atoms with Crippen molar-refractivity contribution in [2.45, 2.75) is 18.9 Å². The first kappa shape index (κ1) is 18.6. The molecule has 1 fully saturated rings. The summed E-state index contributed by atoms with van der Waals surface area (Å²) in [6, 6.07) is 13.6. The fourth-order valence-electron chi connectivity index (χ4n) is 3.34. The summed E-state index contributed by atoms with van der Waals surface area (Å²) < 4.78 is 11.9. The van der Waals surface area contributed by atoms with E-state index in [-0.39, 0.29) is 18.5 Å². The number of benzene rings is 2. The smallest absolute Gasteiger partial charge is 0.242 e. The summed E-state index contributed by atoms with van der Waals surface area (Å²) in [4.78, 5) is 14.7. The summed E-state index contributed by atoms with van der Waals surface area (Å²) in [5, 5.41) is 3.20. The summed E-state index contributed by atoms with van der Waals surface area (Å²) in [6.07, 6.45) is 1.91. The number of hydrogen-bond acceptors (Lipinski definition) is 4. The summed E-state index contributed by atoms with van der Waals surface area (Å²) in [5.74, 6) is 1.64. The Hall–Kier alpha value is -2.21. The van der Waals surface area contributed by atoms with Gasteiger partial charge in [0.2, 0.25) is 5.91 Å². The highest BCUT2D eigenvalue weighted by Gasteiger charge is 2.31. The zero-order valence-corrected chi connectivity index (χ0v) is 16.6. The van der Waals surface area contributed by atoms with Crippen molar-refractivity contribution >= 4 is 27.5 Å². The van der Waals surface area contributed by atoms with Crippen LogP contribution in [-0.4, -0.2) is 38.1 Å². The second-order valence-corrected chi connectivity index (χ2v) is 7.13. The lowest BCUT2D eigenvalue weighted by atomic mass is 10.0. The maximum atomic E-state index is 12.8. The first-order valence-corrected chi connectivity index (χ1v) is 9.42. The number of ether oxygens (including phenoxy) is 2. The second-order valence-electron chi connectivity index (χ2n) is 6.21. The van der Waals surface area contributed by atoms with Crippen molar-refractivity contribution in [2.24, 2.45) is 0 Å². The topological polar surface area (TPSA) is 50.8 Å². The van der Waals surface area contributed by atoms with Crippen molar-refractivity contribution < 1.29 is 14.3 Å². The molecular weight excluding hydrogens is 396 g/mol. The van der Waals surface area contributed by atoms with E-state index in [1.54, 1.807) is 14.2 Å². The van der Waals surface area contributed by atoms with E-state index in [9.17, 15) is 4.79 Å². The number of carbonyl (C=O) groups is 1. The van der Waals surface area contributed by atoms with Gasteiger partial charge in [-0.05, 0) is 55.3 Å². The van der Waals surface area contributed by atoms with Crippen molar-refractivity contribution in [2.75, 3.05) is 32.6 Å². The van der Waals surface area contributed by atoms with E-state index in [1.807, 2.05) is 47.4 Å². The van der Waals surface area contributed by atoms with E-state index in [1.165, 1.54) is 0 Å². The molecule has 1 saturated heterocycles. The van der Waals surface area contributed by atoms with Gasteiger partial charge in [0, 0.05) is 22.3 Å². The van der Waals surface area contributed by atoms with Gasteiger partial charge in [0.05, 0.1) is 26.8 Å². The van der Waals surface area contributed by atoms with Gasteiger partial charge >= 0.3 is 0 Å².